The quantitative estimate of drug-likeness (QED) is 0.515. The van der Waals surface area contributed by atoms with Crippen LogP contribution in [0.3, 0.4) is 0 Å². The van der Waals surface area contributed by atoms with Crippen LogP contribution in [-0.2, 0) is 0 Å². The maximum Gasteiger partial charge on any atom is 0.354 e. The third kappa shape index (κ3) is 2.50. The fourth-order valence-corrected chi connectivity index (χ4v) is 1.17. The van der Waals surface area contributed by atoms with E-state index >= 15 is 0 Å². The van der Waals surface area contributed by atoms with Crippen molar-refractivity contribution in [2.45, 2.75) is 12.2 Å². The highest BCUT2D eigenvalue weighted by Crippen LogP contribution is 2.19. The molecule has 6 nitrogen and oxygen atoms in total. The largest absolute Gasteiger partial charge is 0.477 e. The number of hydrogen-bond acceptors (Lipinski definition) is 5. The van der Waals surface area contributed by atoms with Gasteiger partial charge in [0.05, 0.1) is 6.10 Å². The lowest BCUT2D eigenvalue weighted by molar-refractivity contribution is 0.0228. The lowest BCUT2D eigenvalue weighted by atomic mass is 10.0. The van der Waals surface area contributed by atoms with E-state index in [2.05, 4.69) is 4.98 Å². The minimum atomic E-state index is -1.34. The molecular formula is C9H12N2O4. The van der Waals surface area contributed by atoms with Crippen LogP contribution in [0.2, 0.25) is 0 Å². The molecule has 1 heterocycles. The van der Waals surface area contributed by atoms with Gasteiger partial charge in [0.1, 0.15) is 6.10 Å². The number of pyridine rings is 1. The SMILES string of the molecule is NCC(O)C(O)c1cccnc1C(=O)O. The molecule has 0 amide bonds. The summed E-state index contributed by atoms with van der Waals surface area (Å²) in [5, 5.41) is 27.7. The molecular weight excluding hydrogens is 200 g/mol. The average molecular weight is 212 g/mol. The lowest BCUT2D eigenvalue weighted by Gasteiger charge is -2.17. The van der Waals surface area contributed by atoms with Crippen LogP contribution in [0, 0.1) is 0 Å². The van der Waals surface area contributed by atoms with Crippen LogP contribution in [0.1, 0.15) is 22.2 Å². The number of aromatic carboxylic acids is 1. The van der Waals surface area contributed by atoms with Gasteiger partial charge in [-0.3, -0.25) is 0 Å². The summed E-state index contributed by atoms with van der Waals surface area (Å²) in [5.41, 5.74) is 4.94. The van der Waals surface area contributed by atoms with Crippen LogP contribution in [0.25, 0.3) is 0 Å². The van der Waals surface area contributed by atoms with E-state index in [-0.39, 0.29) is 17.8 Å². The van der Waals surface area contributed by atoms with Crippen molar-refractivity contribution in [3.05, 3.63) is 29.6 Å². The van der Waals surface area contributed by atoms with Gasteiger partial charge in [0, 0.05) is 18.3 Å². The summed E-state index contributed by atoms with van der Waals surface area (Å²) in [4.78, 5) is 14.4. The zero-order valence-electron chi connectivity index (χ0n) is 7.87. The van der Waals surface area contributed by atoms with Gasteiger partial charge in [0.25, 0.3) is 0 Å². The molecule has 0 bridgehead atoms. The van der Waals surface area contributed by atoms with Gasteiger partial charge in [-0.25, -0.2) is 9.78 Å². The first-order valence-corrected chi connectivity index (χ1v) is 4.32. The molecule has 5 N–H and O–H groups in total. The Labute approximate surface area is 86.0 Å². The van der Waals surface area contributed by atoms with Crippen molar-refractivity contribution in [1.82, 2.24) is 4.98 Å². The smallest absolute Gasteiger partial charge is 0.354 e. The van der Waals surface area contributed by atoms with Gasteiger partial charge < -0.3 is 21.1 Å². The van der Waals surface area contributed by atoms with E-state index in [1.807, 2.05) is 0 Å². The second-order valence-electron chi connectivity index (χ2n) is 2.99. The van der Waals surface area contributed by atoms with Crippen LogP contribution in [0.15, 0.2) is 18.3 Å². The molecule has 2 atom stereocenters. The Kier molecular flexibility index (Phi) is 3.73. The first-order chi connectivity index (χ1) is 7.07. The van der Waals surface area contributed by atoms with E-state index in [9.17, 15) is 15.0 Å². The number of aliphatic hydroxyl groups excluding tert-OH is 2. The topological polar surface area (TPSA) is 117 Å². The van der Waals surface area contributed by atoms with Gasteiger partial charge in [-0.15, -0.1) is 0 Å². The van der Waals surface area contributed by atoms with E-state index < -0.39 is 18.2 Å². The Bertz CT molecular complexity index is 356. The number of nitrogens with two attached hydrogens (primary N) is 1. The Morgan fingerprint density at radius 1 is 1.53 bits per heavy atom. The molecule has 0 radical (unpaired) electrons. The molecule has 1 aromatic heterocycles. The van der Waals surface area contributed by atoms with Gasteiger partial charge >= 0.3 is 5.97 Å². The van der Waals surface area contributed by atoms with Gasteiger partial charge in [-0.2, -0.15) is 0 Å². The van der Waals surface area contributed by atoms with Crippen LogP contribution in [-0.4, -0.2) is 38.9 Å². The summed E-state index contributed by atoms with van der Waals surface area (Å²) in [5.74, 6) is -1.26. The first kappa shape index (κ1) is 11.6. The van der Waals surface area contributed by atoms with Gasteiger partial charge in [-0.05, 0) is 6.07 Å². The maximum atomic E-state index is 10.8. The lowest BCUT2D eigenvalue weighted by Crippen LogP contribution is -2.28. The van der Waals surface area contributed by atoms with Crippen molar-refractivity contribution >= 4 is 5.97 Å². The summed E-state index contributed by atoms with van der Waals surface area (Å²) in [7, 11) is 0. The van der Waals surface area contributed by atoms with Crippen LogP contribution >= 0.6 is 0 Å². The Morgan fingerprint density at radius 2 is 2.20 bits per heavy atom. The molecule has 6 heteroatoms. The number of aliphatic hydroxyl groups is 2. The Hall–Kier alpha value is -1.50. The van der Waals surface area contributed by atoms with E-state index in [1.54, 1.807) is 0 Å². The molecule has 0 saturated carbocycles. The van der Waals surface area contributed by atoms with E-state index in [0.29, 0.717) is 0 Å². The third-order valence-electron chi connectivity index (χ3n) is 1.97. The highest BCUT2D eigenvalue weighted by atomic mass is 16.4. The number of hydrogen-bond donors (Lipinski definition) is 4. The third-order valence-corrected chi connectivity index (χ3v) is 1.97. The molecule has 1 aromatic rings. The molecule has 0 aliphatic heterocycles. The maximum absolute atomic E-state index is 10.8. The monoisotopic (exact) mass is 212 g/mol. The highest BCUT2D eigenvalue weighted by molar-refractivity contribution is 5.87. The Morgan fingerprint density at radius 3 is 2.73 bits per heavy atom. The molecule has 0 saturated heterocycles. The highest BCUT2D eigenvalue weighted by Gasteiger charge is 2.23. The molecule has 1 rings (SSSR count). The van der Waals surface area contributed by atoms with Crippen LogP contribution < -0.4 is 5.73 Å². The van der Waals surface area contributed by atoms with E-state index in [4.69, 9.17) is 10.8 Å². The summed E-state index contributed by atoms with van der Waals surface area (Å²) < 4.78 is 0. The van der Waals surface area contributed by atoms with Crippen molar-refractivity contribution in [1.29, 1.82) is 0 Å². The number of nitrogens with zero attached hydrogens (tertiary/aromatic N) is 1. The zero-order chi connectivity index (χ0) is 11.4. The predicted molar refractivity (Wildman–Crippen MR) is 51.2 cm³/mol. The molecule has 82 valence electrons. The normalized spacial score (nSPS) is 14.6. The molecule has 2 unspecified atom stereocenters. The molecule has 15 heavy (non-hydrogen) atoms. The van der Waals surface area contributed by atoms with Gasteiger partial charge in [0.15, 0.2) is 5.69 Å². The fourth-order valence-electron chi connectivity index (χ4n) is 1.17. The molecule has 0 fully saturated rings. The summed E-state index contributed by atoms with van der Waals surface area (Å²) >= 11 is 0. The second kappa shape index (κ2) is 4.83. The zero-order valence-corrected chi connectivity index (χ0v) is 7.87. The average Bonchev–Trinajstić information content (AvgIpc) is 2.27. The van der Waals surface area contributed by atoms with Crippen molar-refractivity contribution in [3.63, 3.8) is 0 Å². The second-order valence-corrected chi connectivity index (χ2v) is 2.99. The summed E-state index contributed by atoms with van der Waals surface area (Å²) in [6.45, 7) is -0.158. The minimum Gasteiger partial charge on any atom is -0.477 e. The first-order valence-electron chi connectivity index (χ1n) is 4.32. The number of carboxylic acid groups (broad SMARTS) is 1. The van der Waals surface area contributed by atoms with Crippen LogP contribution in [0.5, 0.6) is 0 Å². The summed E-state index contributed by atoms with van der Waals surface area (Å²) in [6, 6.07) is 2.87. The molecule has 0 aromatic carbocycles. The number of aromatic nitrogens is 1. The number of carboxylic acids is 1. The van der Waals surface area contributed by atoms with Gasteiger partial charge in [-0.1, -0.05) is 6.07 Å². The van der Waals surface area contributed by atoms with E-state index in [1.165, 1.54) is 18.3 Å². The van der Waals surface area contributed by atoms with Crippen molar-refractivity contribution in [2.75, 3.05) is 6.54 Å². The Balaban J connectivity index is 3.07. The van der Waals surface area contributed by atoms with Crippen molar-refractivity contribution < 1.29 is 20.1 Å². The predicted octanol–water partition coefficient (Wildman–Crippen LogP) is -0.867. The standard InChI is InChI=1S/C9H12N2O4/c10-4-6(12)8(13)5-2-1-3-11-7(5)9(14)15/h1-3,6,8,12-13H,4,10H2,(H,14,15). The number of rotatable bonds is 4. The van der Waals surface area contributed by atoms with Gasteiger partial charge in [0.2, 0.25) is 0 Å². The summed E-state index contributed by atoms with van der Waals surface area (Å²) in [6.07, 6.45) is -1.24. The van der Waals surface area contributed by atoms with Crippen molar-refractivity contribution in [3.8, 4) is 0 Å². The number of carbonyl (C=O) groups is 1. The van der Waals surface area contributed by atoms with Crippen LogP contribution in [0.4, 0.5) is 0 Å². The minimum absolute atomic E-state index is 0.0583. The molecule has 0 spiro atoms. The molecule has 0 aliphatic carbocycles. The fraction of sp³-hybridized carbons (Fsp3) is 0.333. The molecule has 0 aliphatic rings. The van der Waals surface area contributed by atoms with E-state index in [0.717, 1.165) is 0 Å². The van der Waals surface area contributed by atoms with Crippen molar-refractivity contribution in [2.24, 2.45) is 5.73 Å².